The summed E-state index contributed by atoms with van der Waals surface area (Å²) in [6, 6.07) is 10.5. The van der Waals surface area contributed by atoms with E-state index in [0.717, 1.165) is 0 Å². The van der Waals surface area contributed by atoms with Gasteiger partial charge in [-0.1, -0.05) is 49.3 Å². The van der Waals surface area contributed by atoms with E-state index in [2.05, 4.69) is 48.7 Å². The van der Waals surface area contributed by atoms with Crippen molar-refractivity contribution >= 4 is 5.91 Å². The van der Waals surface area contributed by atoms with Crippen molar-refractivity contribution in [1.82, 2.24) is 15.8 Å². The molecule has 0 saturated carbocycles. The van der Waals surface area contributed by atoms with E-state index >= 15 is 0 Å². The highest BCUT2D eigenvalue weighted by Crippen LogP contribution is 2.22. The molecule has 2 N–H and O–H groups in total. The lowest BCUT2D eigenvalue weighted by Gasteiger charge is -2.31. The third-order valence-electron chi connectivity index (χ3n) is 4.24. The van der Waals surface area contributed by atoms with Crippen molar-refractivity contribution in [3.05, 3.63) is 52.9 Å². The van der Waals surface area contributed by atoms with Gasteiger partial charge in [0.2, 0.25) is 0 Å². The van der Waals surface area contributed by atoms with Crippen LogP contribution in [0.15, 0.2) is 34.9 Å². The number of nitrogens with one attached hydrogen (secondary N) is 2. The highest BCUT2D eigenvalue weighted by molar-refractivity contribution is 5.96. The molecular formula is C20H29N3O2. The van der Waals surface area contributed by atoms with Crippen LogP contribution < -0.4 is 10.6 Å². The zero-order valence-electron chi connectivity index (χ0n) is 16.0. The van der Waals surface area contributed by atoms with Gasteiger partial charge in [0.15, 0.2) is 5.76 Å². The molecule has 1 aromatic carbocycles. The number of aromatic nitrogens is 1. The summed E-state index contributed by atoms with van der Waals surface area (Å²) in [6.45, 7) is 12.6. The molecule has 2 aromatic rings. The molecule has 1 aromatic heterocycles. The SMILES string of the molecule is Cc1noc(C(C)C)c1C(=O)NCC(C)(C)N[C@@H](C)c1ccccc1. The molecule has 0 saturated heterocycles. The smallest absolute Gasteiger partial charge is 0.256 e. The fourth-order valence-electron chi connectivity index (χ4n) is 2.91. The first kappa shape index (κ1) is 19.2. The van der Waals surface area contributed by atoms with Crippen molar-refractivity contribution in [3.8, 4) is 0 Å². The minimum absolute atomic E-state index is 0.117. The molecule has 5 heteroatoms. The maximum absolute atomic E-state index is 12.6. The van der Waals surface area contributed by atoms with Gasteiger partial charge >= 0.3 is 0 Å². The van der Waals surface area contributed by atoms with Crippen LogP contribution in [0.4, 0.5) is 0 Å². The van der Waals surface area contributed by atoms with Gasteiger partial charge in [-0.05, 0) is 33.3 Å². The van der Waals surface area contributed by atoms with Crippen LogP contribution >= 0.6 is 0 Å². The van der Waals surface area contributed by atoms with E-state index in [-0.39, 0.29) is 23.4 Å². The van der Waals surface area contributed by atoms with E-state index in [1.807, 2.05) is 32.0 Å². The summed E-state index contributed by atoms with van der Waals surface area (Å²) < 4.78 is 5.31. The number of amides is 1. The second-order valence-corrected chi connectivity index (χ2v) is 7.51. The molecule has 1 heterocycles. The molecule has 0 spiro atoms. The molecule has 136 valence electrons. The van der Waals surface area contributed by atoms with Gasteiger partial charge < -0.3 is 15.2 Å². The van der Waals surface area contributed by atoms with E-state index in [0.29, 0.717) is 23.6 Å². The van der Waals surface area contributed by atoms with E-state index in [9.17, 15) is 4.79 Å². The van der Waals surface area contributed by atoms with Crippen molar-refractivity contribution in [2.24, 2.45) is 0 Å². The summed E-state index contributed by atoms with van der Waals surface area (Å²) in [5, 5.41) is 10.5. The van der Waals surface area contributed by atoms with Crippen molar-refractivity contribution in [1.29, 1.82) is 0 Å². The van der Waals surface area contributed by atoms with Crippen molar-refractivity contribution in [2.75, 3.05) is 6.54 Å². The summed E-state index contributed by atoms with van der Waals surface area (Å²) in [5.41, 5.74) is 2.15. The molecule has 0 aliphatic rings. The highest BCUT2D eigenvalue weighted by atomic mass is 16.5. The molecule has 1 amide bonds. The first-order valence-electron chi connectivity index (χ1n) is 8.78. The lowest BCUT2D eigenvalue weighted by molar-refractivity contribution is 0.0938. The van der Waals surface area contributed by atoms with Gasteiger partial charge in [0.25, 0.3) is 5.91 Å². The Bertz CT molecular complexity index is 705. The van der Waals surface area contributed by atoms with E-state index in [4.69, 9.17) is 4.52 Å². The van der Waals surface area contributed by atoms with Crippen LogP contribution in [-0.2, 0) is 0 Å². The maximum atomic E-state index is 12.6. The molecule has 0 unspecified atom stereocenters. The monoisotopic (exact) mass is 343 g/mol. The van der Waals surface area contributed by atoms with Gasteiger partial charge in [-0.15, -0.1) is 0 Å². The second kappa shape index (κ2) is 7.83. The molecular weight excluding hydrogens is 314 g/mol. The fraction of sp³-hybridized carbons (Fsp3) is 0.500. The molecule has 0 fully saturated rings. The largest absolute Gasteiger partial charge is 0.360 e. The lowest BCUT2D eigenvalue weighted by atomic mass is 10.00. The number of carbonyl (C=O) groups is 1. The van der Waals surface area contributed by atoms with Crippen molar-refractivity contribution in [2.45, 2.75) is 59.0 Å². The predicted octanol–water partition coefficient (Wildman–Crippen LogP) is 3.97. The van der Waals surface area contributed by atoms with Gasteiger partial charge in [-0.3, -0.25) is 4.79 Å². The van der Waals surface area contributed by atoms with Gasteiger partial charge in [0, 0.05) is 24.0 Å². The molecule has 1 atom stereocenters. The molecule has 0 aliphatic carbocycles. The molecule has 0 bridgehead atoms. The van der Waals surface area contributed by atoms with Crippen LogP contribution in [0.2, 0.25) is 0 Å². The lowest BCUT2D eigenvalue weighted by Crippen LogP contribution is -2.50. The minimum Gasteiger partial charge on any atom is -0.360 e. The third-order valence-corrected chi connectivity index (χ3v) is 4.24. The van der Waals surface area contributed by atoms with Crippen LogP contribution in [0, 0.1) is 6.92 Å². The molecule has 5 nitrogen and oxygen atoms in total. The van der Waals surface area contributed by atoms with E-state index in [1.165, 1.54) is 5.56 Å². The Morgan fingerprint density at radius 2 is 1.84 bits per heavy atom. The summed E-state index contributed by atoms with van der Waals surface area (Å²) in [5.74, 6) is 0.620. The maximum Gasteiger partial charge on any atom is 0.256 e. The Hall–Kier alpha value is -2.14. The number of aryl methyl sites for hydroxylation is 1. The molecule has 0 radical (unpaired) electrons. The Kier molecular flexibility index (Phi) is 6.01. The van der Waals surface area contributed by atoms with Gasteiger partial charge in [0.05, 0.1) is 5.69 Å². The number of hydrogen-bond acceptors (Lipinski definition) is 4. The average molecular weight is 343 g/mol. The Morgan fingerprint density at radius 1 is 1.20 bits per heavy atom. The third kappa shape index (κ3) is 4.92. The van der Waals surface area contributed by atoms with Crippen LogP contribution in [-0.4, -0.2) is 23.1 Å². The number of benzene rings is 1. The average Bonchev–Trinajstić information content (AvgIpc) is 2.95. The van der Waals surface area contributed by atoms with Gasteiger partial charge in [-0.25, -0.2) is 0 Å². The summed E-state index contributed by atoms with van der Waals surface area (Å²) in [6.07, 6.45) is 0. The molecule has 2 rings (SSSR count). The fourth-order valence-corrected chi connectivity index (χ4v) is 2.91. The normalized spacial score (nSPS) is 13.1. The number of nitrogens with zero attached hydrogens (tertiary/aromatic N) is 1. The highest BCUT2D eigenvalue weighted by Gasteiger charge is 2.26. The zero-order valence-corrected chi connectivity index (χ0v) is 16.0. The first-order valence-corrected chi connectivity index (χ1v) is 8.78. The number of rotatable bonds is 7. The topological polar surface area (TPSA) is 67.2 Å². The summed E-state index contributed by atoms with van der Waals surface area (Å²) >= 11 is 0. The molecule has 0 aliphatic heterocycles. The van der Waals surface area contributed by atoms with E-state index in [1.54, 1.807) is 6.92 Å². The number of hydrogen-bond donors (Lipinski definition) is 2. The summed E-state index contributed by atoms with van der Waals surface area (Å²) in [7, 11) is 0. The van der Waals surface area contributed by atoms with Crippen LogP contribution in [0.25, 0.3) is 0 Å². The summed E-state index contributed by atoms with van der Waals surface area (Å²) in [4.78, 5) is 12.6. The van der Waals surface area contributed by atoms with E-state index < -0.39 is 0 Å². The quantitative estimate of drug-likeness (QED) is 0.798. The Morgan fingerprint density at radius 3 is 2.44 bits per heavy atom. The molecule has 25 heavy (non-hydrogen) atoms. The van der Waals surface area contributed by atoms with Crippen LogP contribution in [0.1, 0.15) is 74.0 Å². The minimum atomic E-state index is -0.256. The zero-order chi connectivity index (χ0) is 18.6. The van der Waals surface area contributed by atoms with Crippen molar-refractivity contribution < 1.29 is 9.32 Å². The Labute approximate surface area is 150 Å². The predicted molar refractivity (Wildman–Crippen MR) is 99.7 cm³/mol. The van der Waals surface area contributed by atoms with Crippen molar-refractivity contribution in [3.63, 3.8) is 0 Å². The Balaban J connectivity index is 2.00. The number of carbonyl (C=O) groups excluding carboxylic acids is 1. The standard InChI is InChI=1S/C20H29N3O2/c1-13(2)18-17(15(4)23-25-18)19(24)21-12-20(5,6)22-14(3)16-10-8-7-9-11-16/h7-11,13-14,22H,12H2,1-6H3,(H,21,24)/t14-/m0/s1. The first-order chi connectivity index (χ1) is 11.7. The van der Waals surface area contributed by atoms with Gasteiger partial charge in [0.1, 0.15) is 5.56 Å². The van der Waals surface area contributed by atoms with Crippen LogP contribution in [0.3, 0.4) is 0 Å². The van der Waals surface area contributed by atoms with Crippen LogP contribution in [0.5, 0.6) is 0 Å². The second-order valence-electron chi connectivity index (χ2n) is 7.51. The van der Waals surface area contributed by atoms with Gasteiger partial charge in [-0.2, -0.15) is 0 Å².